The van der Waals surface area contributed by atoms with Crippen molar-refractivity contribution in [3.8, 4) is 0 Å². The number of hydrogen-bond donors (Lipinski definition) is 2. The van der Waals surface area contributed by atoms with Crippen LogP contribution >= 0.6 is 0 Å². The molecule has 2 heterocycles. The van der Waals surface area contributed by atoms with E-state index < -0.39 is 28.9 Å². The summed E-state index contributed by atoms with van der Waals surface area (Å²) < 4.78 is 20.0. The van der Waals surface area contributed by atoms with Gasteiger partial charge >= 0.3 is 12.1 Å². The molecule has 7 nitrogen and oxygen atoms in total. The number of rotatable bonds is 1. The van der Waals surface area contributed by atoms with Gasteiger partial charge in [-0.3, -0.25) is 4.79 Å². The number of fused-ring (bicyclic) bond motifs is 2. The van der Waals surface area contributed by atoms with Crippen LogP contribution in [0.3, 0.4) is 0 Å². The summed E-state index contributed by atoms with van der Waals surface area (Å²) in [5.41, 5.74) is -1.54. The van der Waals surface area contributed by atoms with Crippen LogP contribution in [0.15, 0.2) is 12.1 Å². The fourth-order valence-electron chi connectivity index (χ4n) is 3.55. The Balaban J connectivity index is 1.85. The third-order valence-electron chi connectivity index (χ3n) is 4.77. The minimum Gasteiger partial charge on any atom is -0.478 e. The topological polar surface area (TPSA) is 95.9 Å². The number of likely N-dealkylation sites (tertiary alicyclic amines) is 1. The summed E-state index contributed by atoms with van der Waals surface area (Å²) in [6.45, 7) is 5.81. The highest BCUT2D eigenvalue weighted by atomic mass is 19.1. The number of nitrogens with zero attached hydrogens (tertiary/aromatic N) is 1. The van der Waals surface area contributed by atoms with E-state index >= 15 is 0 Å². The first-order chi connectivity index (χ1) is 12.0. The quantitative estimate of drug-likeness (QED) is 0.799. The molecular weight excluding hydrogens is 343 g/mol. The van der Waals surface area contributed by atoms with Crippen LogP contribution in [0.2, 0.25) is 0 Å². The van der Waals surface area contributed by atoms with Gasteiger partial charge in [0.2, 0.25) is 5.91 Å². The first kappa shape index (κ1) is 18.2. The molecular formula is C18H21FN2O5. The Morgan fingerprint density at radius 3 is 2.42 bits per heavy atom. The van der Waals surface area contributed by atoms with Crippen LogP contribution < -0.4 is 5.32 Å². The first-order valence-electron chi connectivity index (χ1n) is 8.40. The van der Waals surface area contributed by atoms with Gasteiger partial charge in [0.15, 0.2) is 0 Å². The normalized spacial score (nSPS) is 18.5. The van der Waals surface area contributed by atoms with E-state index in [1.54, 1.807) is 20.8 Å². The number of ether oxygens (including phenoxy) is 1. The van der Waals surface area contributed by atoms with E-state index in [1.807, 2.05) is 0 Å². The van der Waals surface area contributed by atoms with Crippen molar-refractivity contribution in [3.05, 3.63) is 29.1 Å². The number of anilines is 1. The van der Waals surface area contributed by atoms with Crippen molar-refractivity contribution < 1.29 is 28.6 Å². The molecule has 0 bridgehead atoms. The largest absolute Gasteiger partial charge is 0.478 e. The molecule has 2 amide bonds. The van der Waals surface area contributed by atoms with Crippen LogP contribution in [0.25, 0.3) is 0 Å². The number of piperidine rings is 1. The second kappa shape index (κ2) is 5.96. The highest BCUT2D eigenvalue weighted by Gasteiger charge is 2.51. The Bertz CT molecular complexity index is 792. The molecule has 3 rings (SSSR count). The maximum absolute atomic E-state index is 14.6. The molecule has 1 fully saturated rings. The summed E-state index contributed by atoms with van der Waals surface area (Å²) in [4.78, 5) is 37.4. The van der Waals surface area contributed by atoms with Gasteiger partial charge in [-0.2, -0.15) is 0 Å². The van der Waals surface area contributed by atoms with E-state index in [2.05, 4.69) is 5.32 Å². The lowest BCUT2D eigenvalue weighted by Gasteiger charge is -2.38. The van der Waals surface area contributed by atoms with Crippen molar-refractivity contribution in [2.75, 3.05) is 18.4 Å². The number of carbonyl (C=O) groups is 3. The number of carboxylic acid groups (broad SMARTS) is 1. The molecule has 0 saturated carbocycles. The molecule has 2 N–H and O–H groups in total. The number of halogens is 1. The fraction of sp³-hybridized carbons (Fsp3) is 0.500. The van der Waals surface area contributed by atoms with Crippen LogP contribution in [0, 0.1) is 5.82 Å². The highest BCUT2D eigenvalue weighted by Crippen LogP contribution is 2.46. The van der Waals surface area contributed by atoms with Crippen molar-refractivity contribution in [2.24, 2.45) is 0 Å². The van der Waals surface area contributed by atoms with E-state index in [-0.39, 0.29) is 48.7 Å². The van der Waals surface area contributed by atoms with Gasteiger partial charge < -0.3 is 20.1 Å². The molecule has 26 heavy (non-hydrogen) atoms. The monoisotopic (exact) mass is 364 g/mol. The molecule has 140 valence electrons. The predicted octanol–water partition coefficient (Wildman–Crippen LogP) is 2.74. The third-order valence-corrected chi connectivity index (χ3v) is 4.77. The molecule has 1 saturated heterocycles. The Morgan fingerprint density at radius 2 is 1.88 bits per heavy atom. The smallest absolute Gasteiger partial charge is 0.410 e. The van der Waals surface area contributed by atoms with Crippen LogP contribution in [-0.4, -0.2) is 46.7 Å². The number of nitrogens with one attached hydrogen (secondary N) is 1. The molecule has 0 aromatic heterocycles. The minimum absolute atomic E-state index is 0.191. The standard InChI is InChI=1S/C18H21FN2O5/c1-17(2,3)26-16(25)21-6-4-18(5-7-21)13-11(19)8-10(14(22)23)9-12(13)20-15(18)24/h8-9H,4-7H2,1-3H3,(H,20,24)(H,22,23). The van der Waals surface area contributed by atoms with Gasteiger partial charge in [-0.15, -0.1) is 0 Å². The minimum atomic E-state index is -1.26. The number of carbonyl (C=O) groups excluding carboxylic acids is 2. The molecule has 0 unspecified atom stereocenters. The molecule has 2 aliphatic rings. The fourth-order valence-corrected chi connectivity index (χ4v) is 3.55. The molecule has 8 heteroatoms. The molecule has 1 aromatic rings. The van der Waals surface area contributed by atoms with E-state index in [0.29, 0.717) is 0 Å². The molecule has 1 aromatic carbocycles. The second-order valence-corrected chi connectivity index (χ2v) is 7.69. The molecule has 0 radical (unpaired) electrons. The summed E-state index contributed by atoms with van der Waals surface area (Å²) >= 11 is 0. The van der Waals surface area contributed by atoms with Gasteiger partial charge in [0.1, 0.15) is 11.4 Å². The number of aromatic carboxylic acids is 1. The van der Waals surface area contributed by atoms with Crippen LogP contribution in [0.5, 0.6) is 0 Å². The Kier molecular flexibility index (Phi) is 4.17. The highest BCUT2D eigenvalue weighted by molar-refractivity contribution is 6.07. The lowest BCUT2D eigenvalue weighted by Crippen LogP contribution is -2.49. The molecule has 0 aliphatic carbocycles. The van der Waals surface area contributed by atoms with Gasteiger partial charge in [0, 0.05) is 24.3 Å². The van der Waals surface area contributed by atoms with Crippen molar-refractivity contribution in [1.82, 2.24) is 4.90 Å². The first-order valence-corrected chi connectivity index (χ1v) is 8.40. The molecule has 1 spiro atoms. The maximum atomic E-state index is 14.6. The lowest BCUT2D eigenvalue weighted by molar-refractivity contribution is -0.122. The SMILES string of the molecule is CC(C)(C)OC(=O)N1CCC2(CC1)C(=O)Nc1cc(C(=O)O)cc(F)c12. The van der Waals surface area contributed by atoms with Crippen molar-refractivity contribution in [1.29, 1.82) is 0 Å². The van der Waals surface area contributed by atoms with E-state index in [9.17, 15) is 18.8 Å². The van der Waals surface area contributed by atoms with E-state index in [1.165, 1.54) is 11.0 Å². The predicted molar refractivity (Wildman–Crippen MR) is 90.7 cm³/mol. The summed E-state index contributed by atoms with van der Waals surface area (Å²) in [5, 5.41) is 11.7. The number of hydrogen-bond acceptors (Lipinski definition) is 4. The molecule has 0 atom stereocenters. The van der Waals surface area contributed by atoms with Gasteiger partial charge in [0.05, 0.1) is 11.0 Å². The van der Waals surface area contributed by atoms with Crippen molar-refractivity contribution >= 4 is 23.7 Å². The third kappa shape index (κ3) is 3.00. The second-order valence-electron chi connectivity index (χ2n) is 7.69. The zero-order valence-corrected chi connectivity index (χ0v) is 14.9. The van der Waals surface area contributed by atoms with Gasteiger partial charge in [0.25, 0.3) is 0 Å². The number of benzene rings is 1. The average Bonchev–Trinajstić information content (AvgIpc) is 2.78. The number of carboxylic acids is 1. The summed E-state index contributed by atoms with van der Waals surface area (Å²) in [6, 6.07) is 2.21. The Hall–Kier alpha value is -2.64. The van der Waals surface area contributed by atoms with E-state index in [4.69, 9.17) is 9.84 Å². The van der Waals surface area contributed by atoms with Gasteiger partial charge in [-0.05, 0) is 45.7 Å². The zero-order valence-electron chi connectivity index (χ0n) is 14.9. The van der Waals surface area contributed by atoms with Crippen LogP contribution in [0.4, 0.5) is 14.9 Å². The van der Waals surface area contributed by atoms with Gasteiger partial charge in [-0.1, -0.05) is 0 Å². The summed E-state index contributed by atoms with van der Waals surface area (Å²) in [7, 11) is 0. The van der Waals surface area contributed by atoms with Crippen molar-refractivity contribution in [2.45, 2.75) is 44.6 Å². The van der Waals surface area contributed by atoms with Gasteiger partial charge in [-0.25, -0.2) is 14.0 Å². The lowest BCUT2D eigenvalue weighted by atomic mass is 9.73. The zero-order chi connectivity index (χ0) is 19.3. The summed E-state index contributed by atoms with van der Waals surface area (Å²) in [5.74, 6) is -2.34. The Morgan fingerprint density at radius 1 is 1.27 bits per heavy atom. The summed E-state index contributed by atoms with van der Waals surface area (Å²) in [6.07, 6.45) is 0.0238. The average molecular weight is 364 g/mol. The van der Waals surface area contributed by atoms with Crippen molar-refractivity contribution in [3.63, 3.8) is 0 Å². The molecule has 2 aliphatic heterocycles. The Labute approximate surface area is 150 Å². The van der Waals surface area contributed by atoms with Crippen LogP contribution in [-0.2, 0) is 14.9 Å². The maximum Gasteiger partial charge on any atom is 0.410 e. The van der Waals surface area contributed by atoms with Crippen LogP contribution in [0.1, 0.15) is 49.5 Å². The van der Waals surface area contributed by atoms with E-state index in [0.717, 1.165) is 6.07 Å². The number of amides is 2.